The molecule has 0 heterocycles. The van der Waals surface area contributed by atoms with Crippen molar-refractivity contribution in [3.8, 4) is 0 Å². The Labute approximate surface area is 228 Å². The first-order chi connectivity index (χ1) is 18.7. The number of hydrogen-bond donors (Lipinski definition) is 2. The van der Waals surface area contributed by atoms with E-state index in [9.17, 15) is 9.90 Å². The highest BCUT2D eigenvalue weighted by molar-refractivity contribution is 5.79. The summed E-state index contributed by atoms with van der Waals surface area (Å²) >= 11 is 0. The molecule has 1 saturated carbocycles. The Morgan fingerprint density at radius 2 is 1.66 bits per heavy atom. The van der Waals surface area contributed by atoms with Gasteiger partial charge in [0.2, 0.25) is 5.91 Å². The summed E-state index contributed by atoms with van der Waals surface area (Å²) < 4.78 is 0. The quantitative estimate of drug-likeness (QED) is 0.293. The molecule has 1 aliphatic rings. The number of aryl methyl sites for hydroxylation is 1. The van der Waals surface area contributed by atoms with Crippen molar-refractivity contribution in [2.45, 2.75) is 70.0 Å². The van der Waals surface area contributed by atoms with Gasteiger partial charge in [0.15, 0.2) is 0 Å². The number of nitrogens with one attached hydrogen (secondary N) is 1. The molecule has 4 rings (SSSR count). The molecule has 0 radical (unpaired) electrons. The normalized spacial score (nSPS) is 17.5. The number of aliphatic hydroxyl groups is 1. The fourth-order valence-electron chi connectivity index (χ4n) is 5.72. The molecule has 0 bridgehead atoms. The average molecular weight is 511 g/mol. The van der Waals surface area contributed by atoms with Crippen molar-refractivity contribution in [3.63, 3.8) is 0 Å². The summed E-state index contributed by atoms with van der Waals surface area (Å²) in [7, 11) is 2.00. The fourth-order valence-corrected chi connectivity index (χ4v) is 5.72. The zero-order valence-electron chi connectivity index (χ0n) is 22.7. The Hall–Kier alpha value is -3.21. The third-order valence-corrected chi connectivity index (χ3v) is 7.69. The minimum absolute atomic E-state index is 0.202. The summed E-state index contributed by atoms with van der Waals surface area (Å²) in [5.41, 5.74) is 6.41. The summed E-state index contributed by atoms with van der Waals surface area (Å²) in [6, 6.07) is 27.7. The fraction of sp³-hybridized carbons (Fsp3) is 0.382. The van der Waals surface area contributed by atoms with Crippen molar-refractivity contribution in [1.82, 2.24) is 10.2 Å². The summed E-state index contributed by atoms with van der Waals surface area (Å²) in [6.45, 7) is 1.75. The van der Waals surface area contributed by atoms with Gasteiger partial charge in [0.05, 0.1) is 0 Å². The SMILES string of the molecule is CNCc1cc(CCCO)ccc1C1CCC(N(Cc2ccccc2)C(=O)CC=Cc2ccccc2)CC1. The van der Waals surface area contributed by atoms with Crippen LogP contribution in [-0.2, 0) is 24.3 Å². The van der Waals surface area contributed by atoms with Crippen LogP contribution >= 0.6 is 0 Å². The second-order valence-electron chi connectivity index (χ2n) is 10.4. The first-order valence-electron chi connectivity index (χ1n) is 14.1. The molecule has 3 aromatic carbocycles. The van der Waals surface area contributed by atoms with Crippen molar-refractivity contribution in [3.05, 3.63) is 113 Å². The van der Waals surface area contributed by atoms with E-state index in [2.05, 4.69) is 64.8 Å². The van der Waals surface area contributed by atoms with Gasteiger partial charge >= 0.3 is 0 Å². The number of rotatable bonds is 12. The van der Waals surface area contributed by atoms with Crippen LogP contribution in [0, 0.1) is 0 Å². The van der Waals surface area contributed by atoms with Crippen LogP contribution in [0.4, 0.5) is 0 Å². The van der Waals surface area contributed by atoms with Crippen molar-refractivity contribution in [2.75, 3.05) is 13.7 Å². The standard InChI is InChI=1S/C34H42N2O2/c1-35-25-31-24-28(15-9-23-37)17-22-33(31)30-18-20-32(21-19-30)36(26-29-12-6-3-7-13-29)34(38)16-8-14-27-10-4-2-5-11-27/h2-8,10-14,17,22,24,30,32,35,37H,9,15-16,18-21,23,25-26H2,1H3. The van der Waals surface area contributed by atoms with E-state index in [0.717, 1.165) is 50.6 Å². The zero-order valence-corrected chi connectivity index (χ0v) is 22.7. The highest BCUT2D eigenvalue weighted by Gasteiger charge is 2.30. The Morgan fingerprint density at radius 3 is 2.34 bits per heavy atom. The van der Waals surface area contributed by atoms with Crippen molar-refractivity contribution in [1.29, 1.82) is 0 Å². The summed E-state index contributed by atoms with van der Waals surface area (Å²) in [6.07, 6.45) is 10.4. The number of amides is 1. The lowest BCUT2D eigenvalue weighted by Gasteiger charge is -2.38. The number of hydrogen-bond acceptors (Lipinski definition) is 3. The Morgan fingerprint density at radius 1 is 0.947 bits per heavy atom. The lowest BCUT2D eigenvalue weighted by molar-refractivity contribution is -0.134. The highest BCUT2D eigenvalue weighted by atomic mass is 16.2. The topological polar surface area (TPSA) is 52.6 Å². The van der Waals surface area contributed by atoms with Crippen LogP contribution in [0.15, 0.2) is 84.9 Å². The van der Waals surface area contributed by atoms with Crippen LogP contribution in [0.2, 0.25) is 0 Å². The molecular weight excluding hydrogens is 468 g/mol. The van der Waals surface area contributed by atoms with E-state index in [4.69, 9.17) is 0 Å². The molecule has 4 nitrogen and oxygen atoms in total. The van der Waals surface area contributed by atoms with Crippen LogP contribution in [-0.4, -0.2) is 35.6 Å². The zero-order chi connectivity index (χ0) is 26.6. The molecule has 1 fully saturated rings. The van der Waals surface area contributed by atoms with Crippen LogP contribution in [0.25, 0.3) is 6.08 Å². The molecule has 2 N–H and O–H groups in total. The van der Waals surface area contributed by atoms with E-state index < -0.39 is 0 Å². The molecule has 0 unspecified atom stereocenters. The highest BCUT2D eigenvalue weighted by Crippen LogP contribution is 2.37. The van der Waals surface area contributed by atoms with Gasteiger partial charge in [0.25, 0.3) is 0 Å². The van der Waals surface area contributed by atoms with Crippen LogP contribution in [0.3, 0.4) is 0 Å². The van der Waals surface area contributed by atoms with E-state index in [1.54, 1.807) is 0 Å². The molecule has 0 atom stereocenters. The first-order valence-corrected chi connectivity index (χ1v) is 14.1. The number of carbonyl (C=O) groups is 1. The van der Waals surface area contributed by atoms with Gasteiger partial charge in [-0.1, -0.05) is 91.0 Å². The lowest BCUT2D eigenvalue weighted by Crippen LogP contribution is -2.41. The van der Waals surface area contributed by atoms with Gasteiger partial charge in [0.1, 0.15) is 0 Å². The Kier molecular flexibility index (Phi) is 10.7. The number of nitrogens with zero attached hydrogens (tertiary/aromatic N) is 1. The molecule has 4 heteroatoms. The predicted octanol–water partition coefficient (Wildman–Crippen LogP) is 6.49. The second-order valence-corrected chi connectivity index (χ2v) is 10.4. The molecular formula is C34H42N2O2. The van der Waals surface area contributed by atoms with E-state index in [0.29, 0.717) is 18.9 Å². The monoisotopic (exact) mass is 510 g/mol. The Balaban J connectivity index is 1.44. The lowest BCUT2D eigenvalue weighted by atomic mass is 9.79. The number of carbonyl (C=O) groups excluding carboxylic acids is 1. The van der Waals surface area contributed by atoms with Gasteiger partial charge in [-0.25, -0.2) is 0 Å². The number of benzene rings is 3. The maximum Gasteiger partial charge on any atom is 0.226 e. The summed E-state index contributed by atoms with van der Waals surface area (Å²) in [4.78, 5) is 15.6. The van der Waals surface area contributed by atoms with Gasteiger partial charge in [-0.15, -0.1) is 0 Å². The van der Waals surface area contributed by atoms with Gasteiger partial charge in [0, 0.05) is 32.2 Å². The molecule has 1 aliphatic carbocycles. The molecule has 38 heavy (non-hydrogen) atoms. The van der Waals surface area contributed by atoms with E-state index in [1.807, 2.05) is 43.5 Å². The molecule has 1 amide bonds. The molecule has 0 aliphatic heterocycles. The van der Waals surface area contributed by atoms with Crippen LogP contribution in [0.5, 0.6) is 0 Å². The average Bonchev–Trinajstić information content (AvgIpc) is 2.96. The summed E-state index contributed by atoms with van der Waals surface area (Å²) in [5, 5.41) is 12.6. The van der Waals surface area contributed by atoms with E-state index >= 15 is 0 Å². The van der Waals surface area contributed by atoms with Gasteiger partial charge in [-0.2, -0.15) is 0 Å². The largest absolute Gasteiger partial charge is 0.396 e. The third-order valence-electron chi connectivity index (χ3n) is 7.69. The first kappa shape index (κ1) is 27.8. The molecule has 200 valence electrons. The van der Waals surface area contributed by atoms with Crippen LogP contribution < -0.4 is 5.32 Å². The third kappa shape index (κ3) is 7.89. The van der Waals surface area contributed by atoms with Crippen molar-refractivity contribution in [2.24, 2.45) is 0 Å². The van der Waals surface area contributed by atoms with Gasteiger partial charge in [-0.3, -0.25) is 4.79 Å². The minimum Gasteiger partial charge on any atom is -0.396 e. The van der Waals surface area contributed by atoms with E-state index in [-0.39, 0.29) is 18.6 Å². The van der Waals surface area contributed by atoms with E-state index in [1.165, 1.54) is 22.3 Å². The molecule has 3 aromatic rings. The number of aliphatic hydroxyl groups excluding tert-OH is 1. The smallest absolute Gasteiger partial charge is 0.226 e. The Bertz CT molecular complexity index is 1150. The van der Waals surface area contributed by atoms with Gasteiger partial charge < -0.3 is 15.3 Å². The van der Waals surface area contributed by atoms with Crippen molar-refractivity contribution >= 4 is 12.0 Å². The maximum atomic E-state index is 13.5. The van der Waals surface area contributed by atoms with Crippen molar-refractivity contribution < 1.29 is 9.90 Å². The van der Waals surface area contributed by atoms with Crippen LogP contribution in [0.1, 0.15) is 72.3 Å². The minimum atomic E-state index is 0.202. The molecule has 0 spiro atoms. The maximum absolute atomic E-state index is 13.5. The predicted molar refractivity (Wildman–Crippen MR) is 157 cm³/mol. The molecule has 0 aromatic heterocycles. The summed E-state index contributed by atoms with van der Waals surface area (Å²) in [5.74, 6) is 0.724. The van der Waals surface area contributed by atoms with Gasteiger partial charge in [-0.05, 0) is 79.3 Å². The molecule has 0 saturated heterocycles. The second kappa shape index (κ2) is 14.7.